The Kier molecular flexibility index (Phi) is 9.50. The van der Waals surface area contributed by atoms with Gasteiger partial charge in [-0.1, -0.05) is 13.3 Å². The number of piperidine rings is 1. The molecule has 0 saturated carbocycles. The van der Waals surface area contributed by atoms with Crippen LogP contribution in [0.5, 0.6) is 0 Å². The average Bonchev–Trinajstić information content (AvgIpc) is 2.30. The Morgan fingerprint density at radius 1 is 1.59 bits per heavy atom. The van der Waals surface area contributed by atoms with E-state index in [0.717, 1.165) is 38.8 Å². The quantitative estimate of drug-likeness (QED) is 0.715. The Morgan fingerprint density at radius 2 is 2.35 bits per heavy atom. The Balaban J connectivity index is 0.00000256. The Morgan fingerprint density at radius 3 is 2.94 bits per heavy atom. The molecule has 5 heteroatoms. The van der Waals surface area contributed by atoms with Gasteiger partial charge < -0.3 is 15.4 Å². The van der Waals surface area contributed by atoms with Crippen molar-refractivity contribution < 1.29 is 9.53 Å². The molecule has 0 bridgehead atoms. The van der Waals surface area contributed by atoms with E-state index >= 15 is 0 Å². The van der Waals surface area contributed by atoms with Crippen LogP contribution >= 0.6 is 12.4 Å². The first kappa shape index (κ1) is 16.7. The maximum absolute atomic E-state index is 11.7. The lowest BCUT2D eigenvalue weighted by Crippen LogP contribution is -2.48. The van der Waals surface area contributed by atoms with Gasteiger partial charge in [-0.25, -0.2) is 0 Å². The molecule has 0 aromatic heterocycles. The Bertz CT molecular complexity index is 209. The number of unbranched alkanes of at least 4 members (excludes halogenated alkanes) is 1. The molecule has 1 aliphatic rings. The summed E-state index contributed by atoms with van der Waals surface area (Å²) in [7, 11) is 0. The van der Waals surface area contributed by atoms with Crippen molar-refractivity contribution in [3.8, 4) is 0 Å². The molecule has 17 heavy (non-hydrogen) atoms. The van der Waals surface area contributed by atoms with Gasteiger partial charge in [0.05, 0.1) is 0 Å². The zero-order valence-electron chi connectivity index (χ0n) is 10.8. The molecule has 1 amide bonds. The number of amides is 1. The van der Waals surface area contributed by atoms with Crippen LogP contribution in [0.3, 0.4) is 0 Å². The van der Waals surface area contributed by atoms with Crippen LogP contribution in [0.1, 0.15) is 39.5 Å². The summed E-state index contributed by atoms with van der Waals surface area (Å²) in [6.07, 6.45) is 3.99. The van der Waals surface area contributed by atoms with E-state index in [-0.39, 0.29) is 30.5 Å². The summed E-state index contributed by atoms with van der Waals surface area (Å²) in [5.41, 5.74) is 0. The smallest absolute Gasteiger partial charge is 0.249 e. The molecule has 1 aliphatic heterocycles. The number of rotatable bonds is 6. The predicted molar refractivity (Wildman–Crippen MR) is 71.6 cm³/mol. The first-order valence-electron chi connectivity index (χ1n) is 6.36. The van der Waals surface area contributed by atoms with Crippen molar-refractivity contribution in [2.75, 3.05) is 19.7 Å². The van der Waals surface area contributed by atoms with E-state index in [1.807, 2.05) is 6.92 Å². The molecule has 2 unspecified atom stereocenters. The minimum absolute atomic E-state index is 0. The number of carbonyl (C=O) groups is 1. The van der Waals surface area contributed by atoms with Gasteiger partial charge in [-0.05, 0) is 32.7 Å². The molecule has 1 fully saturated rings. The second-order valence-electron chi connectivity index (χ2n) is 4.42. The average molecular weight is 265 g/mol. The van der Waals surface area contributed by atoms with Crippen LogP contribution in [0.15, 0.2) is 0 Å². The van der Waals surface area contributed by atoms with Gasteiger partial charge in [0, 0.05) is 19.2 Å². The number of halogens is 1. The summed E-state index contributed by atoms with van der Waals surface area (Å²) in [5, 5.41) is 6.29. The first-order chi connectivity index (χ1) is 7.74. The van der Waals surface area contributed by atoms with E-state index in [1.54, 1.807) is 0 Å². The van der Waals surface area contributed by atoms with Gasteiger partial charge in [-0.2, -0.15) is 0 Å². The van der Waals surface area contributed by atoms with E-state index in [2.05, 4.69) is 17.6 Å². The predicted octanol–water partition coefficient (Wildman–Crippen LogP) is 1.48. The number of carbonyl (C=O) groups excluding carboxylic acids is 1. The monoisotopic (exact) mass is 264 g/mol. The van der Waals surface area contributed by atoms with E-state index in [1.165, 1.54) is 0 Å². The molecule has 0 aromatic carbocycles. The van der Waals surface area contributed by atoms with Crippen molar-refractivity contribution in [2.45, 2.75) is 51.7 Å². The normalized spacial score (nSPS) is 21.4. The lowest BCUT2D eigenvalue weighted by atomic mass is 10.1. The van der Waals surface area contributed by atoms with Gasteiger partial charge in [-0.3, -0.25) is 4.79 Å². The molecule has 0 aliphatic carbocycles. The van der Waals surface area contributed by atoms with Crippen molar-refractivity contribution in [3.05, 3.63) is 0 Å². The zero-order valence-corrected chi connectivity index (χ0v) is 11.6. The third-order valence-electron chi connectivity index (χ3n) is 2.88. The summed E-state index contributed by atoms with van der Waals surface area (Å²) in [6, 6.07) is 0.276. The zero-order chi connectivity index (χ0) is 11.8. The highest BCUT2D eigenvalue weighted by molar-refractivity contribution is 5.85. The minimum atomic E-state index is -0.325. The number of ether oxygens (including phenoxy) is 1. The summed E-state index contributed by atoms with van der Waals surface area (Å²) in [4.78, 5) is 11.7. The Hall–Kier alpha value is -0.320. The van der Waals surface area contributed by atoms with Crippen molar-refractivity contribution in [1.82, 2.24) is 10.6 Å². The summed E-state index contributed by atoms with van der Waals surface area (Å²) in [5.74, 6) is 0.0183. The second-order valence-corrected chi connectivity index (χ2v) is 4.42. The van der Waals surface area contributed by atoms with Crippen LogP contribution in [-0.4, -0.2) is 37.7 Å². The standard InChI is InChI=1S/C12H24N2O2.ClH/c1-3-4-8-16-10(2)12(15)14-11-6-5-7-13-9-11;/h10-11,13H,3-9H2,1-2H3,(H,14,15);1H. The van der Waals surface area contributed by atoms with Gasteiger partial charge in [0.1, 0.15) is 6.10 Å². The van der Waals surface area contributed by atoms with E-state index in [4.69, 9.17) is 4.74 Å². The molecule has 0 spiro atoms. The van der Waals surface area contributed by atoms with Crippen molar-refractivity contribution in [2.24, 2.45) is 0 Å². The van der Waals surface area contributed by atoms with Crippen molar-refractivity contribution in [1.29, 1.82) is 0 Å². The molecule has 1 heterocycles. The third kappa shape index (κ3) is 6.86. The summed E-state index contributed by atoms with van der Waals surface area (Å²) in [6.45, 7) is 6.55. The lowest BCUT2D eigenvalue weighted by molar-refractivity contribution is -0.132. The van der Waals surface area contributed by atoms with Crippen LogP contribution < -0.4 is 10.6 Å². The maximum Gasteiger partial charge on any atom is 0.249 e. The van der Waals surface area contributed by atoms with Gasteiger partial charge >= 0.3 is 0 Å². The number of hydrogen-bond acceptors (Lipinski definition) is 3. The molecule has 2 atom stereocenters. The topological polar surface area (TPSA) is 50.4 Å². The highest BCUT2D eigenvalue weighted by Gasteiger charge is 2.19. The van der Waals surface area contributed by atoms with Gasteiger partial charge in [-0.15, -0.1) is 12.4 Å². The largest absolute Gasteiger partial charge is 0.369 e. The van der Waals surface area contributed by atoms with Crippen LogP contribution in [-0.2, 0) is 9.53 Å². The Labute approximate surface area is 110 Å². The minimum Gasteiger partial charge on any atom is -0.369 e. The summed E-state index contributed by atoms with van der Waals surface area (Å²) < 4.78 is 5.45. The van der Waals surface area contributed by atoms with Gasteiger partial charge in [0.15, 0.2) is 0 Å². The molecule has 1 saturated heterocycles. The highest BCUT2D eigenvalue weighted by Crippen LogP contribution is 2.02. The van der Waals surface area contributed by atoms with Crippen LogP contribution in [0, 0.1) is 0 Å². The van der Waals surface area contributed by atoms with E-state index in [9.17, 15) is 4.79 Å². The molecule has 0 radical (unpaired) electrons. The van der Waals surface area contributed by atoms with Crippen molar-refractivity contribution >= 4 is 18.3 Å². The van der Waals surface area contributed by atoms with Crippen LogP contribution in [0.25, 0.3) is 0 Å². The molecule has 1 rings (SSSR count). The number of nitrogens with one attached hydrogen (secondary N) is 2. The lowest BCUT2D eigenvalue weighted by Gasteiger charge is -2.25. The molecule has 0 aromatic rings. The fourth-order valence-electron chi connectivity index (χ4n) is 1.77. The molecule has 2 N–H and O–H groups in total. The van der Waals surface area contributed by atoms with E-state index in [0.29, 0.717) is 6.61 Å². The SMILES string of the molecule is CCCCOC(C)C(=O)NC1CCCNC1.Cl. The highest BCUT2D eigenvalue weighted by atomic mass is 35.5. The number of hydrogen-bond donors (Lipinski definition) is 2. The maximum atomic E-state index is 11.7. The van der Waals surface area contributed by atoms with Crippen LogP contribution in [0.4, 0.5) is 0 Å². The second kappa shape index (κ2) is 9.68. The fraction of sp³-hybridized carbons (Fsp3) is 0.917. The van der Waals surface area contributed by atoms with E-state index < -0.39 is 0 Å². The molecule has 102 valence electrons. The molecular formula is C12H25ClN2O2. The molecule has 4 nitrogen and oxygen atoms in total. The molecular weight excluding hydrogens is 240 g/mol. The first-order valence-corrected chi connectivity index (χ1v) is 6.36. The summed E-state index contributed by atoms with van der Waals surface area (Å²) >= 11 is 0. The van der Waals surface area contributed by atoms with Gasteiger partial charge in [0.25, 0.3) is 0 Å². The third-order valence-corrected chi connectivity index (χ3v) is 2.88. The fourth-order valence-corrected chi connectivity index (χ4v) is 1.77. The van der Waals surface area contributed by atoms with Crippen LogP contribution in [0.2, 0.25) is 0 Å². The van der Waals surface area contributed by atoms with Gasteiger partial charge in [0.2, 0.25) is 5.91 Å². The van der Waals surface area contributed by atoms with Crippen molar-refractivity contribution in [3.63, 3.8) is 0 Å².